The van der Waals surface area contributed by atoms with E-state index < -0.39 is 14.3 Å². The molecule has 0 aliphatic carbocycles. The molecule has 0 spiro atoms. The lowest BCUT2D eigenvalue weighted by atomic mass is 9.92. The summed E-state index contributed by atoms with van der Waals surface area (Å²) in [6, 6.07) is 133. The first kappa shape index (κ1) is 64.2. The minimum Gasteiger partial charge on any atom is -0.309 e. The van der Waals surface area contributed by atoms with Gasteiger partial charge in [-0.05, 0) is 115 Å². The first-order chi connectivity index (χ1) is 51.8. The molecule has 0 aliphatic rings. The Morgan fingerprint density at radius 1 is 0.219 bits per heavy atom. The summed E-state index contributed by atoms with van der Waals surface area (Å²) < 4.78 is 37.8. The highest BCUT2D eigenvalue weighted by Crippen LogP contribution is 2.50. The standard InChI is InChI=1S/C52H33OPS2.C45H30NOPS/c53-54(39-17-3-1-4-18-39,40-19-5-2-6-20-40)41-21-12-15-35(31-41)34-14-11-16-36(30-34)47-33-38-29-28-37(32-46(38)50-45-23-8-10-27-49(45)56-52(47)50)42-24-13-25-44-43-22-7-9-26-48(43)55-51(42)44;47-48(36-14-6-2-7-15-36,37-16-8-3-9-17-37)38-27-24-33(25-28-38)32-20-22-34(23-21-32)44-45-43(39-18-10-11-19-42(39)49-45)40-30-35(26-29-41(40)46-44)31-12-4-1-5-13-31/h1-33H;1-30H. The zero-order valence-electron chi connectivity index (χ0n) is 56.8. The van der Waals surface area contributed by atoms with Gasteiger partial charge in [0.15, 0.2) is 14.3 Å². The lowest BCUT2D eigenvalue weighted by molar-refractivity contribution is 0.591. The number of aromatic nitrogens is 1. The van der Waals surface area contributed by atoms with Crippen molar-refractivity contribution in [3.05, 3.63) is 382 Å². The van der Waals surface area contributed by atoms with Crippen molar-refractivity contribution in [3.63, 3.8) is 0 Å². The van der Waals surface area contributed by atoms with Crippen LogP contribution in [0.5, 0.6) is 0 Å². The van der Waals surface area contributed by atoms with E-state index in [0.29, 0.717) is 0 Å². The smallest absolute Gasteiger partial charge is 0.171 e. The quantitative estimate of drug-likeness (QED) is 0.115. The molecule has 0 aliphatic heterocycles. The Balaban J connectivity index is 0.000000145. The molecule has 20 aromatic rings. The highest BCUT2D eigenvalue weighted by atomic mass is 32.1. The Bertz CT molecular complexity index is 6730. The lowest BCUT2D eigenvalue weighted by Gasteiger charge is -2.20. The molecule has 16 aromatic carbocycles. The molecule has 0 atom stereocenters. The van der Waals surface area contributed by atoms with Crippen LogP contribution in [0.2, 0.25) is 0 Å². The molecule has 0 radical (unpaired) electrons. The molecule has 8 heteroatoms. The number of hydrogen-bond acceptors (Lipinski definition) is 6. The minimum absolute atomic E-state index is 0.827. The predicted octanol–water partition coefficient (Wildman–Crippen LogP) is 25.5. The Morgan fingerprint density at radius 2 is 0.600 bits per heavy atom. The number of benzene rings is 16. The number of pyridine rings is 1. The van der Waals surface area contributed by atoms with Gasteiger partial charge in [-0.2, -0.15) is 0 Å². The average Bonchev–Trinajstić information content (AvgIpc) is 1.67. The fourth-order valence-corrected chi connectivity index (χ4v) is 24.4. The van der Waals surface area contributed by atoms with Crippen LogP contribution in [0.4, 0.5) is 0 Å². The van der Waals surface area contributed by atoms with Gasteiger partial charge < -0.3 is 9.13 Å². The van der Waals surface area contributed by atoms with Crippen LogP contribution < -0.4 is 31.8 Å². The molecule has 0 N–H and O–H groups in total. The summed E-state index contributed by atoms with van der Waals surface area (Å²) in [5, 5.41) is 16.5. The van der Waals surface area contributed by atoms with Crippen LogP contribution in [0.15, 0.2) is 382 Å². The van der Waals surface area contributed by atoms with Crippen molar-refractivity contribution in [2.45, 2.75) is 0 Å². The van der Waals surface area contributed by atoms with E-state index >= 15 is 4.57 Å². The molecule has 0 fully saturated rings. The summed E-state index contributed by atoms with van der Waals surface area (Å²) in [5.74, 6) is 0. The number of rotatable bonds is 12. The average molecular weight is 1430 g/mol. The number of nitrogens with zero attached hydrogens (tertiary/aromatic N) is 1. The first-order valence-electron chi connectivity index (χ1n) is 35.2. The molecular weight excluding hydrogens is 1370 g/mol. The van der Waals surface area contributed by atoms with Crippen molar-refractivity contribution in [1.82, 2.24) is 4.98 Å². The van der Waals surface area contributed by atoms with Gasteiger partial charge in [-0.25, -0.2) is 4.98 Å². The Labute approximate surface area is 620 Å². The van der Waals surface area contributed by atoms with Crippen LogP contribution in [0.1, 0.15) is 0 Å². The normalized spacial score (nSPS) is 11.9. The highest BCUT2D eigenvalue weighted by Gasteiger charge is 2.32. The summed E-state index contributed by atoms with van der Waals surface area (Å²) in [6.07, 6.45) is 0. The summed E-state index contributed by atoms with van der Waals surface area (Å²) in [7, 11) is -6.14. The summed E-state index contributed by atoms with van der Waals surface area (Å²) >= 11 is 5.57. The molecule has 0 bridgehead atoms. The maximum absolute atomic E-state index is 15.3. The third-order valence-electron chi connectivity index (χ3n) is 20.5. The van der Waals surface area contributed by atoms with E-state index in [0.717, 1.165) is 70.9 Å². The van der Waals surface area contributed by atoms with E-state index in [1.54, 1.807) is 0 Å². The number of fused-ring (bicyclic) bond motifs is 13. The zero-order valence-corrected chi connectivity index (χ0v) is 61.0. The van der Waals surface area contributed by atoms with E-state index in [1.807, 2.05) is 180 Å². The first-order valence-corrected chi connectivity index (χ1v) is 41.1. The molecule has 105 heavy (non-hydrogen) atoms. The van der Waals surface area contributed by atoms with Crippen molar-refractivity contribution in [2.75, 3.05) is 0 Å². The fourth-order valence-electron chi connectivity index (χ4n) is 15.3. The van der Waals surface area contributed by atoms with Crippen LogP contribution in [0, 0.1) is 0 Å². The molecule has 0 saturated heterocycles. The summed E-state index contributed by atoms with van der Waals surface area (Å²) in [5.41, 5.74) is 14.7. The van der Waals surface area contributed by atoms with Crippen LogP contribution in [-0.2, 0) is 9.13 Å². The van der Waals surface area contributed by atoms with Gasteiger partial charge in [0.2, 0.25) is 0 Å². The van der Waals surface area contributed by atoms with E-state index in [9.17, 15) is 4.57 Å². The second-order valence-corrected chi connectivity index (χ2v) is 35.3. The lowest BCUT2D eigenvalue weighted by Crippen LogP contribution is -2.25. The molecule has 0 amide bonds. The van der Waals surface area contributed by atoms with Gasteiger partial charge in [-0.15, -0.1) is 34.0 Å². The Morgan fingerprint density at radius 3 is 1.22 bits per heavy atom. The van der Waals surface area contributed by atoms with Gasteiger partial charge in [-0.1, -0.05) is 328 Å². The molecule has 4 heterocycles. The monoisotopic (exact) mass is 1430 g/mol. The van der Waals surface area contributed by atoms with E-state index in [4.69, 9.17) is 4.98 Å². The summed E-state index contributed by atoms with van der Waals surface area (Å²) in [6.45, 7) is 0. The van der Waals surface area contributed by atoms with Crippen molar-refractivity contribution in [1.29, 1.82) is 0 Å². The van der Waals surface area contributed by atoms with Crippen molar-refractivity contribution >= 4 is 162 Å². The maximum atomic E-state index is 15.3. The SMILES string of the molecule is O=P(c1ccccc1)(c1ccccc1)c1ccc(-c2ccc(-c3nc4ccc(-c5ccccc5)cc4c4c3sc3ccccc34)cc2)cc1.O=P(c1ccccc1)(c1ccccc1)c1cccc(-c2cccc(-c3cc4ccc(-c5cccc6c5sc5ccccc56)cc4c4c3sc3ccccc34)c2)c1. The third kappa shape index (κ3) is 11.4. The van der Waals surface area contributed by atoms with Crippen LogP contribution in [0.3, 0.4) is 0 Å². The largest absolute Gasteiger partial charge is 0.309 e. The van der Waals surface area contributed by atoms with Gasteiger partial charge >= 0.3 is 0 Å². The second kappa shape index (κ2) is 26.8. The van der Waals surface area contributed by atoms with E-state index in [1.165, 1.54) is 110 Å². The molecular formula is C97H63NO2P2S3. The molecule has 4 aromatic heterocycles. The zero-order chi connectivity index (χ0) is 70.0. The Hall–Kier alpha value is -11.7. The molecule has 0 saturated carbocycles. The third-order valence-corrected chi connectivity index (χ3v) is 30.2. The van der Waals surface area contributed by atoms with Crippen LogP contribution in [0.25, 0.3) is 149 Å². The fraction of sp³-hybridized carbons (Fsp3) is 0. The van der Waals surface area contributed by atoms with Crippen molar-refractivity contribution in [3.8, 4) is 66.9 Å². The highest BCUT2D eigenvalue weighted by molar-refractivity contribution is 7.85. The predicted molar refractivity (Wildman–Crippen MR) is 456 cm³/mol. The van der Waals surface area contributed by atoms with E-state index in [2.05, 4.69) is 237 Å². The molecule has 3 nitrogen and oxygen atoms in total. The molecule has 496 valence electrons. The minimum atomic E-state index is -3.12. The van der Waals surface area contributed by atoms with Crippen LogP contribution in [-0.4, -0.2) is 4.98 Å². The van der Waals surface area contributed by atoms with Crippen molar-refractivity contribution < 1.29 is 9.13 Å². The maximum Gasteiger partial charge on any atom is 0.171 e. The van der Waals surface area contributed by atoms with Gasteiger partial charge in [0.25, 0.3) is 0 Å². The van der Waals surface area contributed by atoms with Gasteiger partial charge in [0.05, 0.1) is 15.9 Å². The number of hydrogen-bond donors (Lipinski definition) is 0. The second-order valence-electron chi connectivity index (χ2n) is 26.6. The van der Waals surface area contributed by atoms with E-state index in [-0.39, 0.29) is 0 Å². The van der Waals surface area contributed by atoms with Crippen molar-refractivity contribution in [2.24, 2.45) is 0 Å². The van der Waals surface area contributed by atoms with Crippen LogP contribution >= 0.6 is 48.3 Å². The van der Waals surface area contributed by atoms with Gasteiger partial charge in [0.1, 0.15) is 0 Å². The summed E-state index contributed by atoms with van der Waals surface area (Å²) in [4.78, 5) is 5.28. The van der Waals surface area contributed by atoms with Gasteiger partial charge in [-0.3, -0.25) is 0 Å². The van der Waals surface area contributed by atoms with Gasteiger partial charge in [0, 0.05) is 104 Å². The molecule has 0 unspecified atom stereocenters. The molecule has 20 rings (SSSR count). The Kier molecular flexibility index (Phi) is 16.4. The topological polar surface area (TPSA) is 47.0 Å². The number of thiophene rings is 3.